The fourth-order valence-corrected chi connectivity index (χ4v) is 6.30. The molecule has 0 radical (unpaired) electrons. The van der Waals surface area contributed by atoms with Gasteiger partial charge in [0.1, 0.15) is 0 Å². The molecule has 2 heterocycles. The van der Waals surface area contributed by atoms with E-state index in [9.17, 15) is 48.4 Å². The molecule has 2 aromatic heterocycles. The summed E-state index contributed by atoms with van der Waals surface area (Å²) in [6.45, 7) is 9.40. The van der Waals surface area contributed by atoms with Gasteiger partial charge in [0.25, 0.3) is 5.84 Å². The van der Waals surface area contributed by atoms with E-state index >= 15 is 0 Å². The maximum atomic E-state index is 13.8. The number of phenolic OH excluding ortho intramolecular Hbond substituents is 4. The van der Waals surface area contributed by atoms with Gasteiger partial charge in [-0.1, -0.05) is 33.5 Å². The van der Waals surface area contributed by atoms with Crippen LogP contribution < -0.4 is 0 Å². The van der Waals surface area contributed by atoms with Crippen LogP contribution in [0.2, 0.25) is 19.6 Å². The Morgan fingerprint density at radius 1 is 0.833 bits per heavy atom. The van der Waals surface area contributed by atoms with Gasteiger partial charge in [-0.2, -0.15) is 0 Å². The second-order valence-electron chi connectivity index (χ2n) is 11.7. The molecule has 0 bridgehead atoms. The van der Waals surface area contributed by atoms with Crippen molar-refractivity contribution in [2.45, 2.75) is 46.3 Å². The Morgan fingerprint density at radius 2 is 1.23 bits per heavy atom. The Labute approximate surface area is 282 Å². The van der Waals surface area contributed by atoms with E-state index in [1.54, 1.807) is 12.8 Å². The first-order valence-corrected chi connectivity index (χ1v) is 19.3. The van der Waals surface area contributed by atoms with Crippen LogP contribution in [-0.2, 0) is 14.3 Å². The molecule has 0 amide bonds. The number of nitrogens with zero attached hydrogens (tertiary/aromatic N) is 1. The minimum Gasteiger partial charge on any atom is -0.504 e. The van der Waals surface area contributed by atoms with E-state index in [0.29, 0.717) is 9.40 Å². The zero-order valence-corrected chi connectivity index (χ0v) is 29.4. The largest absolute Gasteiger partial charge is 0.504 e. The number of rotatable bonds is 9. The molecule has 4 rings (SSSR count). The molecule has 0 aliphatic carbocycles. The van der Waals surface area contributed by atoms with Crippen LogP contribution in [0, 0.1) is 29.0 Å². The minimum absolute atomic E-state index is 0.0247. The summed E-state index contributed by atoms with van der Waals surface area (Å²) in [5, 5.41) is 46.2. The Balaban J connectivity index is 0.000000279. The number of Topliss-reactive ketones (excluding diaryl/α,β-unsaturated/α-hetero) is 2. The van der Waals surface area contributed by atoms with E-state index in [2.05, 4.69) is 29.2 Å². The summed E-state index contributed by atoms with van der Waals surface area (Å²) in [7, 11) is 0.103. The minimum atomic E-state index is -1.14. The van der Waals surface area contributed by atoms with Gasteiger partial charge in [0, 0.05) is 49.9 Å². The molecule has 0 spiro atoms. The molecule has 0 aliphatic rings. The molecule has 0 saturated heterocycles. The van der Waals surface area contributed by atoms with E-state index in [-0.39, 0.29) is 39.2 Å². The first kappa shape index (κ1) is 39.5. The van der Waals surface area contributed by atoms with Crippen molar-refractivity contribution in [1.29, 1.82) is 5.53 Å². The number of hydrogen-bond donors (Lipinski definition) is 6. The second-order valence-corrected chi connectivity index (χ2v) is 18.9. The molecule has 17 heteroatoms. The summed E-state index contributed by atoms with van der Waals surface area (Å²) in [5.41, 5.74) is 6.46. The van der Waals surface area contributed by atoms with E-state index in [0.717, 1.165) is 28.7 Å². The molecule has 0 saturated carbocycles. The Hall–Kier alpha value is -4.70. The molecule has 12 nitrogen and oxygen atoms in total. The van der Waals surface area contributed by atoms with Crippen LogP contribution in [-0.4, -0.2) is 74.8 Å². The third-order valence-corrected chi connectivity index (χ3v) is 9.59. The third-order valence-electron chi connectivity index (χ3n) is 6.44. The number of ketones is 2. The lowest BCUT2D eigenvalue weighted by Gasteiger charge is -2.06. The van der Waals surface area contributed by atoms with Crippen molar-refractivity contribution in [3.8, 4) is 23.0 Å². The zero-order chi connectivity index (χ0) is 36.7. The van der Waals surface area contributed by atoms with Crippen molar-refractivity contribution in [2.24, 2.45) is 11.8 Å². The lowest BCUT2D eigenvalue weighted by molar-refractivity contribution is -0.144. The van der Waals surface area contributed by atoms with Gasteiger partial charge >= 0.3 is 11.9 Å². The van der Waals surface area contributed by atoms with Crippen LogP contribution in [0.15, 0.2) is 24.3 Å². The van der Waals surface area contributed by atoms with Gasteiger partial charge < -0.3 is 30.3 Å². The number of phenols is 4. The van der Waals surface area contributed by atoms with E-state index in [4.69, 9.17) is 10.6 Å². The van der Waals surface area contributed by atoms with Crippen molar-refractivity contribution in [1.82, 2.24) is 0 Å². The van der Waals surface area contributed by atoms with Gasteiger partial charge in [0.2, 0.25) is 0 Å². The smallest absolute Gasteiger partial charge is 0.308 e. The number of hydrogen-bond acceptors (Lipinski definition) is 12. The van der Waals surface area contributed by atoms with Gasteiger partial charge in [0.05, 0.1) is 34.2 Å². The first-order chi connectivity index (χ1) is 22.2. The van der Waals surface area contributed by atoms with Gasteiger partial charge in [-0.25, -0.2) is 8.78 Å². The first-order valence-electron chi connectivity index (χ1n) is 14.1. The normalized spacial score (nSPS) is 12.1. The number of thiophene rings is 2. The molecule has 258 valence electrons. The van der Waals surface area contributed by atoms with Gasteiger partial charge in [-0.15, -0.1) is 22.7 Å². The standard InChI is InChI=1S/C14H13FO5S.C13H11FO5S.C4H11N2Si/c1-6(14(19)20-2)3-8(16)11-4-7-10(21-11)5-9(17)13(18)12(7)15;1-5(13(18)19)2-7(15)10-3-6-9(20-10)4-8(16)12(17)11(6)14;1-7(2,3)4-6-5/h4-6,17-18H,3H2,1-2H3;3-5,16-17H,2H2,1H3,(H,18,19);4-5H,1-3H3/q;;+1/t6-;5-;/m00./s1. The zero-order valence-electron chi connectivity index (χ0n) is 26.8. The van der Waals surface area contributed by atoms with E-state index < -0.39 is 72.3 Å². The van der Waals surface area contributed by atoms with Crippen LogP contribution in [0.5, 0.6) is 23.0 Å². The van der Waals surface area contributed by atoms with Crippen LogP contribution in [0.25, 0.3) is 20.2 Å². The number of aliphatic carboxylic acids is 1. The van der Waals surface area contributed by atoms with E-state index in [1.807, 2.05) is 0 Å². The monoisotopic (exact) mass is 725 g/mol. The average molecular weight is 726 g/mol. The number of methoxy groups -OCH3 is 1. The molecule has 2 aromatic carbocycles. The van der Waals surface area contributed by atoms with Crippen LogP contribution in [0.1, 0.15) is 46.0 Å². The highest BCUT2D eigenvalue weighted by molar-refractivity contribution is 7.21. The fourth-order valence-electron chi connectivity index (χ4n) is 3.83. The highest BCUT2D eigenvalue weighted by atomic mass is 32.1. The fraction of sp³-hybridized carbons (Fsp3) is 0.323. The molecule has 4 aromatic rings. The Kier molecular flexibility index (Phi) is 13.5. The number of carbonyl (C=O) groups is 4. The summed E-state index contributed by atoms with van der Waals surface area (Å²) in [6, 6.07) is 4.92. The summed E-state index contributed by atoms with van der Waals surface area (Å²) in [5.74, 6) is -6.87. The van der Waals surface area contributed by atoms with Gasteiger partial charge in [-0.05, 0) is 12.1 Å². The number of halogens is 2. The molecule has 0 aliphatic heterocycles. The van der Waals surface area contributed by atoms with Crippen molar-refractivity contribution < 1.29 is 63.0 Å². The highest BCUT2D eigenvalue weighted by Gasteiger charge is 2.23. The lowest BCUT2D eigenvalue weighted by atomic mass is 10.0. The number of carboxylic acid groups (broad SMARTS) is 1. The van der Waals surface area contributed by atoms with Crippen molar-refractivity contribution in [2.75, 3.05) is 7.11 Å². The molecule has 6 N–H and O–H groups in total. The van der Waals surface area contributed by atoms with Crippen LogP contribution >= 0.6 is 22.7 Å². The number of carbonyl (C=O) groups excluding carboxylic acids is 3. The number of nitrogens with one attached hydrogen (secondary N) is 1. The molecular formula is C31H35F2N2O10S2Si+. The maximum Gasteiger partial charge on any atom is 0.308 e. The molecule has 2 atom stereocenters. The van der Waals surface area contributed by atoms with Crippen LogP contribution in [0.3, 0.4) is 0 Å². The molecular weight excluding hydrogens is 691 g/mol. The average Bonchev–Trinajstić information content (AvgIpc) is 3.63. The van der Waals surface area contributed by atoms with E-state index in [1.165, 1.54) is 32.2 Å². The number of ether oxygens (including phenoxy) is 1. The molecule has 0 fully saturated rings. The Morgan fingerprint density at radius 3 is 1.54 bits per heavy atom. The highest BCUT2D eigenvalue weighted by Crippen LogP contribution is 2.40. The number of fused-ring (bicyclic) bond motifs is 2. The predicted octanol–water partition coefficient (Wildman–Crippen LogP) is 6.75. The number of esters is 1. The molecule has 48 heavy (non-hydrogen) atoms. The number of benzene rings is 2. The summed E-state index contributed by atoms with van der Waals surface area (Å²) < 4.78 is 32.7. The SMILES string of the molecule is COC(=O)[C@@H](C)CC(=O)c1cc2c(F)c(O)c(O)cc2s1.C[C@@H](CC(=O)c1cc2c(F)c(O)c(O)cc2s1)C(=O)O.C[Si](C)(C)C=[N+]=N. The topological polar surface area (TPSA) is 217 Å². The van der Waals surface area contributed by atoms with Crippen molar-refractivity contribution >= 4 is 80.3 Å². The summed E-state index contributed by atoms with van der Waals surface area (Å²) in [4.78, 5) is 49.6. The van der Waals surface area contributed by atoms with Crippen molar-refractivity contribution in [3.63, 3.8) is 0 Å². The van der Waals surface area contributed by atoms with Gasteiger partial charge in [-0.3, -0.25) is 19.2 Å². The molecule has 0 unspecified atom stereocenters. The third kappa shape index (κ3) is 10.1. The summed E-state index contributed by atoms with van der Waals surface area (Å²) in [6.07, 6.45) is -0.249. The Bertz CT molecular complexity index is 1910. The quantitative estimate of drug-likeness (QED) is 0.0203. The van der Waals surface area contributed by atoms with Crippen LogP contribution in [0.4, 0.5) is 8.78 Å². The maximum absolute atomic E-state index is 13.8. The number of aromatic hydroxyl groups is 4. The second kappa shape index (κ2) is 16.4. The summed E-state index contributed by atoms with van der Waals surface area (Å²) >= 11 is 1.93. The van der Waals surface area contributed by atoms with Crippen molar-refractivity contribution in [3.05, 3.63) is 45.7 Å². The van der Waals surface area contributed by atoms with Gasteiger partial charge in [0.15, 0.2) is 54.3 Å². The number of carboxylic acids is 1. The lowest BCUT2D eigenvalue weighted by Crippen LogP contribution is -2.22. The predicted molar refractivity (Wildman–Crippen MR) is 178 cm³/mol.